The van der Waals surface area contributed by atoms with Gasteiger partial charge in [-0.1, -0.05) is 0 Å². The second-order valence-electron chi connectivity index (χ2n) is 1.51. The van der Waals surface area contributed by atoms with Crippen molar-refractivity contribution in [3.63, 3.8) is 0 Å². The highest BCUT2D eigenvalue weighted by molar-refractivity contribution is 6.40. The molecular weight excluding hydrogens is 161 g/mol. The molecule has 2 nitrogen and oxygen atoms in total. The van der Waals surface area contributed by atoms with Gasteiger partial charge in [0, 0.05) is 21.0 Å². The fourth-order valence-electron chi connectivity index (χ4n) is 0. The van der Waals surface area contributed by atoms with E-state index in [1.165, 1.54) is 11.8 Å². The number of amides is 1. The predicted octanol–water partition coefficient (Wildman–Crippen LogP) is 1.52. The number of rotatable bonds is 0. The van der Waals surface area contributed by atoms with Crippen LogP contribution in [0, 0.1) is 0 Å². The van der Waals surface area contributed by atoms with Gasteiger partial charge in [0.05, 0.1) is 5.34 Å². The Kier molecular flexibility index (Phi) is 10.6. The molecule has 0 unspecified atom stereocenters. The maximum absolute atomic E-state index is 10.1. The summed E-state index contributed by atoms with van der Waals surface area (Å²) in [5.41, 5.74) is 0. The average Bonchev–Trinajstić information content (AvgIpc) is 1.68. The van der Waals surface area contributed by atoms with Crippen LogP contribution in [0.3, 0.4) is 0 Å². The molecule has 0 aromatic heterocycles. The summed E-state index contributed by atoms with van der Waals surface area (Å²) >= 11 is 9.53. The van der Waals surface area contributed by atoms with Gasteiger partial charge < -0.3 is 4.90 Å². The minimum atomic E-state index is 0.0926. The van der Waals surface area contributed by atoms with E-state index in [0.29, 0.717) is 0 Å². The molecule has 0 bridgehead atoms. The molecule has 0 spiro atoms. The normalized spacial score (nSPS) is 7.22. The van der Waals surface area contributed by atoms with Crippen LogP contribution >= 0.6 is 23.2 Å². The summed E-state index contributed by atoms with van der Waals surface area (Å²) in [4.78, 5) is 11.6. The van der Waals surface area contributed by atoms with E-state index in [9.17, 15) is 4.79 Å². The number of hydrogen-bond acceptors (Lipinski definition) is 1. The van der Waals surface area contributed by atoms with E-state index in [2.05, 4.69) is 0 Å². The average molecular weight is 172 g/mol. The van der Waals surface area contributed by atoms with Gasteiger partial charge >= 0.3 is 0 Å². The van der Waals surface area contributed by atoms with E-state index in [1.54, 1.807) is 14.1 Å². The summed E-state index contributed by atoms with van der Waals surface area (Å²) in [5.74, 6) is 0.0926. The maximum atomic E-state index is 10.1. The lowest BCUT2D eigenvalue weighted by Crippen LogP contribution is -2.17. The van der Waals surface area contributed by atoms with Crippen LogP contribution in [-0.4, -0.2) is 30.2 Å². The minimum Gasteiger partial charge on any atom is -0.349 e. The summed E-state index contributed by atoms with van der Waals surface area (Å²) in [7, 11) is 3.45. The molecule has 0 saturated heterocycles. The van der Waals surface area contributed by atoms with E-state index in [-0.39, 0.29) is 11.2 Å². The minimum absolute atomic E-state index is 0.0926. The maximum Gasteiger partial charge on any atom is 0.218 e. The second kappa shape index (κ2) is 8.05. The molecule has 0 aliphatic carbocycles. The van der Waals surface area contributed by atoms with Gasteiger partial charge in [0.2, 0.25) is 5.91 Å². The van der Waals surface area contributed by atoms with Crippen LogP contribution in [0.2, 0.25) is 0 Å². The molecule has 0 aromatic rings. The molecule has 0 atom stereocenters. The molecule has 0 aromatic carbocycles. The number of carbonyl (C=O) groups excluding carboxylic acids is 1. The van der Waals surface area contributed by atoms with E-state index in [1.807, 2.05) is 0 Å². The lowest BCUT2D eigenvalue weighted by atomic mass is 10.7. The molecule has 56 valence electrons. The number of halogens is 2. The Morgan fingerprint density at radius 3 is 1.56 bits per heavy atom. The zero-order valence-corrected chi connectivity index (χ0v) is 7.33. The van der Waals surface area contributed by atoms with Gasteiger partial charge in [0.1, 0.15) is 0 Å². The van der Waals surface area contributed by atoms with Crippen molar-refractivity contribution in [3.05, 3.63) is 0 Å². The van der Waals surface area contributed by atoms with Gasteiger partial charge in [0.25, 0.3) is 0 Å². The summed E-state index contributed by atoms with van der Waals surface area (Å²) in [6.45, 7) is 1.53. The van der Waals surface area contributed by atoms with Crippen LogP contribution in [0.1, 0.15) is 6.92 Å². The van der Waals surface area contributed by atoms with Crippen LogP contribution < -0.4 is 0 Å². The van der Waals surface area contributed by atoms with Crippen molar-refractivity contribution in [2.45, 2.75) is 6.92 Å². The number of nitrogens with zero attached hydrogens (tertiary/aromatic N) is 1. The zero-order chi connectivity index (χ0) is 7.86. The fourth-order valence-corrected chi connectivity index (χ4v) is 0. The van der Waals surface area contributed by atoms with Crippen LogP contribution in [0.15, 0.2) is 0 Å². The first-order valence-corrected chi connectivity index (χ1v) is 3.43. The van der Waals surface area contributed by atoms with Crippen LogP contribution in [0.25, 0.3) is 0 Å². The first kappa shape index (κ1) is 11.8. The molecule has 0 saturated carbocycles. The third-order valence-corrected chi connectivity index (χ3v) is 0.630. The Morgan fingerprint density at radius 1 is 1.44 bits per heavy atom. The highest BCUT2D eigenvalue weighted by Crippen LogP contribution is 1.73. The summed E-state index contributed by atoms with van der Waals surface area (Å²) in [5, 5.41) is 0.194. The quantitative estimate of drug-likeness (QED) is 0.507. The number of hydrogen-bond donors (Lipinski definition) is 0. The van der Waals surface area contributed by atoms with Crippen LogP contribution in [-0.2, 0) is 4.79 Å². The first-order valence-electron chi connectivity index (χ1n) is 2.36. The van der Waals surface area contributed by atoms with Crippen LogP contribution in [0.4, 0.5) is 0 Å². The smallest absolute Gasteiger partial charge is 0.218 e. The molecule has 4 heteroatoms. The molecule has 0 fully saturated rings. The Balaban J connectivity index is 0. The van der Waals surface area contributed by atoms with Crippen molar-refractivity contribution in [1.82, 2.24) is 4.90 Å². The third-order valence-electron chi connectivity index (χ3n) is 0.630. The van der Waals surface area contributed by atoms with Gasteiger partial charge in [-0.15, -0.1) is 23.2 Å². The molecule has 0 rings (SSSR count). The van der Waals surface area contributed by atoms with E-state index < -0.39 is 0 Å². The standard InChI is InChI=1S/C4H9NO.CH2Cl2/c1-4(6)5(2)3;2-1-3/h1-3H3;1H2. The molecule has 0 N–H and O–H groups in total. The van der Waals surface area contributed by atoms with Crippen molar-refractivity contribution in [3.8, 4) is 0 Å². The van der Waals surface area contributed by atoms with E-state index in [0.717, 1.165) is 0 Å². The Bertz CT molecular complexity index is 75.4. The van der Waals surface area contributed by atoms with E-state index >= 15 is 0 Å². The molecule has 0 aliphatic rings. The molecule has 0 heterocycles. The summed E-state index contributed by atoms with van der Waals surface area (Å²) in [6, 6.07) is 0. The zero-order valence-electron chi connectivity index (χ0n) is 5.82. The monoisotopic (exact) mass is 171 g/mol. The van der Waals surface area contributed by atoms with Crippen molar-refractivity contribution in [2.24, 2.45) is 0 Å². The Morgan fingerprint density at radius 2 is 1.56 bits per heavy atom. The summed E-state index contributed by atoms with van der Waals surface area (Å²) in [6.07, 6.45) is 0. The second-order valence-corrected chi connectivity index (χ2v) is 2.32. The number of alkyl halides is 2. The van der Waals surface area contributed by atoms with Gasteiger partial charge in [-0.2, -0.15) is 0 Å². The number of carbonyl (C=O) groups is 1. The fraction of sp³-hybridized carbons (Fsp3) is 0.800. The van der Waals surface area contributed by atoms with E-state index in [4.69, 9.17) is 23.2 Å². The lowest BCUT2D eigenvalue weighted by molar-refractivity contribution is -0.126. The lowest BCUT2D eigenvalue weighted by Gasteiger charge is -2.02. The van der Waals surface area contributed by atoms with Crippen molar-refractivity contribution >= 4 is 29.1 Å². The Labute approximate surface area is 65.7 Å². The third kappa shape index (κ3) is 18.0. The first-order chi connectivity index (χ1) is 4.06. The van der Waals surface area contributed by atoms with Crippen LogP contribution in [0.5, 0.6) is 0 Å². The molecule has 9 heavy (non-hydrogen) atoms. The van der Waals surface area contributed by atoms with Crippen molar-refractivity contribution in [2.75, 3.05) is 19.4 Å². The van der Waals surface area contributed by atoms with Gasteiger partial charge in [-0.05, 0) is 0 Å². The van der Waals surface area contributed by atoms with Gasteiger partial charge in [-0.25, -0.2) is 0 Å². The largest absolute Gasteiger partial charge is 0.349 e. The predicted molar refractivity (Wildman–Crippen MR) is 40.9 cm³/mol. The topological polar surface area (TPSA) is 20.3 Å². The van der Waals surface area contributed by atoms with Crippen molar-refractivity contribution < 1.29 is 4.79 Å². The van der Waals surface area contributed by atoms with Crippen molar-refractivity contribution in [1.29, 1.82) is 0 Å². The molecule has 0 aliphatic heterocycles. The molecular formula is C5H11Cl2NO. The van der Waals surface area contributed by atoms with Gasteiger partial charge in [0.15, 0.2) is 0 Å². The highest BCUT2D eigenvalue weighted by atomic mass is 35.5. The molecule has 1 amide bonds. The highest BCUT2D eigenvalue weighted by Gasteiger charge is 1.87. The Hall–Kier alpha value is 0.0500. The summed E-state index contributed by atoms with van der Waals surface area (Å²) < 4.78 is 0. The van der Waals surface area contributed by atoms with Gasteiger partial charge in [-0.3, -0.25) is 4.79 Å². The SMILES string of the molecule is CC(=O)N(C)C.ClCCl. The molecule has 0 radical (unpaired) electrons.